The number of benzene rings is 2. The van der Waals surface area contributed by atoms with Crippen molar-refractivity contribution in [1.29, 1.82) is 0 Å². The predicted molar refractivity (Wildman–Crippen MR) is 129 cm³/mol. The number of fused-ring (bicyclic) bond motifs is 1. The minimum atomic E-state index is -3.74. The molecule has 0 aliphatic heterocycles. The van der Waals surface area contributed by atoms with Gasteiger partial charge < -0.3 is 10.1 Å². The molecular formula is C24H31ClN2O4S. The van der Waals surface area contributed by atoms with Gasteiger partial charge in [0, 0.05) is 0 Å². The second-order valence-corrected chi connectivity index (χ2v) is 10.5. The molecule has 0 saturated heterocycles. The largest absolute Gasteiger partial charge is 0.495 e. The van der Waals surface area contributed by atoms with E-state index >= 15 is 0 Å². The number of sulfonamides is 1. The van der Waals surface area contributed by atoms with Gasteiger partial charge in [-0.1, -0.05) is 36.7 Å². The van der Waals surface area contributed by atoms with Crippen molar-refractivity contribution in [3.8, 4) is 5.75 Å². The molecule has 0 saturated carbocycles. The van der Waals surface area contributed by atoms with Crippen LogP contribution < -0.4 is 14.4 Å². The zero-order valence-corrected chi connectivity index (χ0v) is 20.6. The van der Waals surface area contributed by atoms with E-state index in [1.54, 1.807) is 19.1 Å². The van der Waals surface area contributed by atoms with E-state index in [9.17, 15) is 13.2 Å². The van der Waals surface area contributed by atoms with Crippen molar-refractivity contribution in [1.82, 2.24) is 5.32 Å². The van der Waals surface area contributed by atoms with Gasteiger partial charge in [-0.2, -0.15) is 0 Å². The molecule has 1 aliphatic carbocycles. The van der Waals surface area contributed by atoms with Crippen LogP contribution in [0.4, 0.5) is 5.69 Å². The molecule has 1 amide bonds. The van der Waals surface area contributed by atoms with E-state index < -0.39 is 16.1 Å². The summed E-state index contributed by atoms with van der Waals surface area (Å²) in [7, 11) is -2.26. The highest BCUT2D eigenvalue weighted by Crippen LogP contribution is 2.32. The third kappa shape index (κ3) is 5.38. The number of ether oxygens (including phenoxy) is 1. The molecule has 8 heteroatoms. The number of nitrogens with one attached hydrogen (secondary N) is 1. The van der Waals surface area contributed by atoms with Gasteiger partial charge in [0.15, 0.2) is 0 Å². The molecule has 0 radical (unpaired) electrons. The van der Waals surface area contributed by atoms with Gasteiger partial charge in [-0.05, 0) is 73.9 Å². The quantitative estimate of drug-likeness (QED) is 0.599. The van der Waals surface area contributed by atoms with Gasteiger partial charge in [-0.25, -0.2) is 8.42 Å². The first-order valence-electron chi connectivity index (χ1n) is 10.9. The summed E-state index contributed by atoms with van der Waals surface area (Å²) in [4.78, 5) is 13.2. The van der Waals surface area contributed by atoms with Crippen molar-refractivity contribution in [2.45, 2.75) is 58.0 Å². The predicted octanol–water partition coefficient (Wildman–Crippen LogP) is 4.65. The normalized spacial score (nSPS) is 15.4. The first-order valence-corrected chi connectivity index (χ1v) is 13.1. The average molecular weight is 479 g/mol. The van der Waals surface area contributed by atoms with Crippen molar-refractivity contribution in [3.63, 3.8) is 0 Å². The van der Waals surface area contributed by atoms with Crippen LogP contribution in [0.3, 0.4) is 0 Å². The highest BCUT2D eigenvalue weighted by molar-refractivity contribution is 7.92. The molecule has 2 aromatic carbocycles. The van der Waals surface area contributed by atoms with Crippen LogP contribution in [-0.4, -0.2) is 33.7 Å². The first-order chi connectivity index (χ1) is 15.2. The van der Waals surface area contributed by atoms with Crippen molar-refractivity contribution in [3.05, 3.63) is 58.1 Å². The van der Waals surface area contributed by atoms with Gasteiger partial charge in [0.05, 0.1) is 30.1 Å². The van der Waals surface area contributed by atoms with Gasteiger partial charge in [0.2, 0.25) is 15.9 Å². The number of hydrogen-bond acceptors (Lipinski definition) is 4. The Bertz CT molecular complexity index is 1090. The number of anilines is 1. The maximum atomic E-state index is 13.2. The fourth-order valence-electron chi connectivity index (χ4n) is 4.28. The number of methoxy groups -OCH3 is 1. The maximum absolute atomic E-state index is 13.2. The van der Waals surface area contributed by atoms with Gasteiger partial charge in [-0.3, -0.25) is 9.10 Å². The van der Waals surface area contributed by atoms with Crippen LogP contribution in [0.25, 0.3) is 0 Å². The second-order valence-electron chi connectivity index (χ2n) is 8.26. The Hall–Kier alpha value is -2.25. The molecule has 0 unspecified atom stereocenters. The summed E-state index contributed by atoms with van der Waals surface area (Å²) in [5, 5.41) is 3.32. The molecule has 0 fully saturated rings. The summed E-state index contributed by atoms with van der Waals surface area (Å²) < 4.78 is 31.4. The molecule has 1 aliphatic rings. The molecule has 174 valence electrons. The van der Waals surface area contributed by atoms with Crippen molar-refractivity contribution in [2.24, 2.45) is 0 Å². The van der Waals surface area contributed by atoms with E-state index in [1.807, 2.05) is 6.92 Å². The summed E-state index contributed by atoms with van der Waals surface area (Å²) in [6.07, 6.45) is 6.34. The summed E-state index contributed by atoms with van der Waals surface area (Å²) >= 11 is 6.21. The van der Waals surface area contributed by atoms with Crippen LogP contribution in [0, 0.1) is 0 Å². The number of carbonyl (C=O) groups is 1. The number of aryl methyl sites for hydroxylation is 2. The van der Waals surface area contributed by atoms with Gasteiger partial charge in [0.1, 0.15) is 11.8 Å². The monoisotopic (exact) mass is 478 g/mol. The summed E-state index contributed by atoms with van der Waals surface area (Å²) in [5.41, 5.74) is 4.09. The van der Waals surface area contributed by atoms with Crippen LogP contribution in [-0.2, 0) is 27.7 Å². The molecule has 2 aromatic rings. The smallest absolute Gasteiger partial charge is 0.244 e. The van der Waals surface area contributed by atoms with Gasteiger partial charge >= 0.3 is 0 Å². The molecule has 0 bridgehead atoms. The van der Waals surface area contributed by atoms with Crippen LogP contribution in [0.15, 0.2) is 36.4 Å². The number of halogens is 1. The summed E-state index contributed by atoms with van der Waals surface area (Å²) in [6, 6.07) is 9.92. The Balaban J connectivity index is 1.84. The van der Waals surface area contributed by atoms with Crippen molar-refractivity contribution in [2.75, 3.05) is 17.7 Å². The van der Waals surface area contributed by atoms with Crippen LogP contribution in [0.5, 0.6) is 5.75 Å². The Morgan fingerprint density at radius 1 is 1.16 bits per heavy atom. The van der Waals surface area contributed by atoms with E-state index in [2.05, 4.69) is 23.5 Å². The lowest BCUT2D eigenvalue weighted by atomic mass is 9.88. The lowest BCUT2D eigenvalue weighted by Gasteiger charge is -2.30. The van der Waals surface area contributed by atoms with E-state index in [4.69, 9.17) is 16.3 Å². The minimum absolute atomic E-state index is 0.196. The van der Waals surface area contributed by atoms with E-state index in [1.165, 1.54) is 37.1 Å². The molecular weight excluding hydrogens is 448 g/mol. The topological polar surface area (TPSA) is 75.7 Å². The summed E-state index contributed by atoms with van der Waals surface area (Å²) in [5.74, 6) is 0.0614. The second kappa shape index (κ2) is 10.1. The van der Waals surface area contributed by atoms with Crippen LogP contribution in [0.1, 0.15) is 55.8 Å². The number of nitrogens with zero attached hydrogens (tertiary/aromatic N) is 1. The molecule has 3 rings (SSSR count). The molecule has 2 atom stereocenters. The highest BCUT2D eigenvalue weighted by atomic mass is 35.5. The van der Waals surface area contributed by atoms with E-state index in [0.29, 0.717) is 17.9 Å². The highest BCUT2D eigenvalue weighted by Gasteiger charge is 2.31. The van der Waals surface area contributed by atoms with E-state index in [-0.39, 0.29) is 17.0 Å². The number of rotatable bonds is 8. The SMILES string of the molecule is CC[C@H](NC(=O)[C@@H](C)N(c1ccc(OC)c(Cl)c1)S(C)(=O)=O)c1ccc2c(c1)CCCC2. The molecule has 0 spiro atoms. The Morgan fingerprint density at radius 2 is 1.84 bits per heavy atom. The molecule has 0 heterocycles. The van der Waals surface area contributed by atoms with Gasteiger partial charge in [-0.15, -0.1) is 0 Å². The first kappa shape index (κ1) is 24.4. The third-order valence-electron chi connectivity index (χ3n) is 5.98. The van der Waals surface area contributed by atoms with Crippen LogP contribution in [0.2, 0.25) is 5.02 Å². The number of amides is 1. The zero-order chi connectivity index (χ0) is 23.5. The lowest BCUT2D eigenvalue weighted by Crippen LogP contribution is -2.48. The van der Waals surface area contributed by atoms with Crippen molar-refractivity contribution >= 4 is 33.2 Å². The number of hydrogen-bond donors (Lipinski definition) is 1. The molecule has 6 nitrogen and oxygen atoms in total. The standard InChI is InChI=1S/C24H31ClN2O4S/c1-5-22(19-11-10-17-8-6-7-9-18(17)14-19)26-24(28)16(2)27(32(4,29)30)20-12-13-23(31-3)21(25)15-20/h10-16,22H,5-9H2,1-4H3,(H,26,28)/t16-,22+/m1/s1. The minimum Gasteiger partial charge on any atom is -0.495 e. The Morgan fingerprint density at radius 3 is 2.44 bits per heavy atom. The Kier molecular flexibility index (Phi) is 7.72. The fraction of sp³-hybridized carbons (Fsp3) is 0.458. The van der Waals surface area contributed by atoms with Crippen molar-refractivity contribution < 1.29 is 17.9 Å². The lowest BCUT2D eigenvalue weighted by molar-refractivity contribution is -0.122. The average Bonchev–Trinajstić information content (AvgIpc) is 2.76. The zero-order valence-electron chi connectivity index (χ0n) is 19.0. The molecule has 32 heavy (non-hydrogen) atoms. The van der Waals surface area contributed by atoms with Gasteiger partial charge in [0.25, 0.3) is 0 Å². The summed E-state index contributed by atoms with van der Waals surface area (Å²) in [6.45, 7) is 3.58. The third-order valence-corrected chi connectivity index (χ3v) is 7.52. The molecule has 1 N–H and O–H groups in total. The van der Waals surface area contributed by atoms with E-state index in [0.717, 1.165) is 29.0 Å². The molecule has 0 aromatic heterocycles. The fourth-order valence-corrected chi connectivity index (χ4v) is 5.70. The Labute approximate surface area is 196 Å². The van der Waals surface area contributed by atoms with Crippen LogP contribution >= 0.6 is 11.6 Å². The number of carbonyl (C=O) groups excluding carboxylic acids is 1. The maximum Gasteiger partial charge on any atom is 0.244 e.